The molecule has 0 saturated carbocycles. The first-order valence-corrected chi connectivity index (χ1v) is 14.1. The van der Waals surface area contributed by atoms with Gasteiger partial charge in [0.1, 0.15) is 23.8 Å². The summed E-state index contributed by atoms with van der Waals surface area (Å²) in [5, 5.41) is 4.68. The first-order chi connectivity index (χ1) is 17.7. The third-order valence-electron chi connectivity index (χ3n) is 6.56. The lowest BCUT2D eigenvalue weighted by Gasteiger charge is -2.23. The fraction of sp³-hybridized carbons (Fsp3) is 0.429. The van der Waals surface area contributed by atoms with Crippen molar-refractivity contribution in [3.05, 3.63) is 64.1 Å². The zero-order valence-corrected chi connectivity index (χ0v) is 23.7. The fourth-order valence-corrected chi connectivity index (χ4v) is 6.83. The van der Waals surface area contributed by atoms with Gasteiger partial charge in [0.15, 0.2) is 11.2 Å². The Labute approximate surface area is 229 Å². The summed E-state index contributed by atoms with van der Waals surface area (Å²) in [6, 6.07) is 16.5. The summed E-state index contributed by atoms with van der Waals surface area (Å²) in [7, 11) is 1.66. The molecule has 3 aromatic rings. The first-order valence-electron chi connectivity index (χ1n) is 12.3. The van der Waals surface area contributed by atoms with E-state index in [1.807, 2.05) is 38.1 Å². The second-order valence-corrected chi connectivity index (χ2v) is 12.0. The number of halogens is 1. The van der Waals surface area contributed by atoms with Crippen LogP contribution in [0, 0.1) is 0 Å². The molecular weight excluding hydrogens is 556 g/mol. The summed E-state index contributed by atoms with van der Waals surface area (Å²) in [5.41, 5.74) is 2.94. The highest BCUT2D eigenvalue weighted by atomic mass is 79.9. The standard InChI is InChI=1S/C28H31BrN2O5S/c1-16(32)34-27-25-24(35-28(2,3)36-25)23(37-27)12-8-17-5-9-19-14-21(29)26(31-22(19)13-17)30-15-18-6-10-20(33-4)11-7-18/h5-7,9-11,13-14,23-25,27H,8,12,15H2,1-4H3,(H,30,31). The molecule has 3 heterocycles. The predicted octanol–water partition coefficient (Wildman–Crippen LogP) is 6.08. The number of esters is 1. The van der Waals surface area contributed by atoms with Gasteiger partial charge in [-0.05, 0) is 78.0 Å². The van der Waals surface area contributed by atoms with Crippen molar-refractivity contribution in [2.75, 3.05) is 12.4 Å². The molecular formula is C28H31BrN2O5S. The molecule has 5 rings (SSSR count). The number of nitrogens with zero attached hydrogens (tertiary/aromatic N) is 1. The minimum absolute atomic E-state index is 0.104. The Balaban J connectivity index is 1.27. The highest BCUT2D eigenvalue weighted by Crippen LogP contribution is 2.47. The number of methoxy groups -OCH3 is 1. The van der Waals surface area contributed by atoms with Crippen LogP contribution in [0.4, 0.5) is 5.82 Å². The minimum Gasteiger partial charge on any atom is -0.497 e. The van der Waals surface area contributed by atoms with E-state index in [-0.39, 0.29) is 28.9 Å². The van der Waals surface area contributed by atoms with Crippen LogP contribution in [0.25, 0.3) is 10.9 Å². The van der Waals surface area contributed by atoms with Crippen molar-refractivity contribution < 1.29 is 23.7 Å². The monoisotopic (exact) mass is 586 g/mol. The van der Waals surface area contributed by atoms with Gasteiger partial charge in [0, 0.05) is 24.1 Å². The fourth-order valence-electron chi connectivity index (χ4n) is 4.84. The molecule has 4 atom stereocenters. The van der Waals surface area contributed by atoms with Crippen molar-refractivity contribution >= 4 is 50.4 Å². The Morgan fingerprint density at radius 1 is 1.11 bits per heavy atom. The van der Waals surface area contributed by atoms with E-state index >= 15 is 0 Å². The van der Waals surface area contributed by atoms with E-state index in [0.29, 0.717) is 6.54 Å². The van der Waals surface area contributed by atoms with Crippen molar-refractivity contribution in [3.8, 4) is 5.75 Å². The number of hydrogen-bond acceptors (Lipinski definition) is 8. The Kier molecular flexibility index (Phi) is 7.68. The number of pyridine rings is 1. The number of ether oxygens (including phenoxy) is 4. The number of thioether (sulfide) groups is 1. The van der Waals surface area contributed by atoms with Crippen LogP contribution >= 0.6 is 27.7 Å². The zero-order chi connectivity index (χ0) is 26.2. The third-order valence-corrected chi connectivity index (χ3v) is 8.65. The summed E-state index contributed by atoms with van der Waals surface area (Å²) in [6.45, 7) is 5.91. The maximum Gasteiger partial charge on any atom is 0.303 e. The molecule has 196 valence electrons. The smallest absolute Gasteiger partial charge is 0.303 e. The second-order valence-electron chi connectivity index (χ2n) is 9.80. The number of hydrogen-bond donors (Lipinski definition) is 1. The number of aromatic nitrogens is 1. The van der Waals surface area contributed by atoms with Crippen LogP contribution in [-0.4, -0.2) is 46.7 Å². The van der Waals surface area contributed by atoms with Crippen molar-refractivity contribution in [1.29, 1.82) is 0 Å². The van der Waals surface area contributed by atoms with Crippen molar-refractivity contribution in [2.45, 2.75) is 68.8 Å². The molecule has 0 aliphatic carbocycles. The van der Waals surface area contributed by atoms with Crippen LogP contribution in [0.2, 0.25) is 0 Å². The van der Waals surface area contributed by atoms with Gasteiger partial charge in [-0.2, -0.15) is 0 Å². The van der Waals surface area contributed by atoms with Gasteiger partial charge < -0.3 is 24.3 Å². The zero-order valence-electron chi connectivity index (χ0n) is 21.3. The average molecular weight is 588 g/mol. The van der Waals surface area contributed by atoms with Crippen LogP contribution in [0.3, 0.4) is 0 Å². The Bertz CT molecular complexity index is 1290. The first kappa shape index (κ1) is 26.3. The Morgan fingerprint density at radius 3 is 2.57 bits per heavy atom. The molecule has 2 aliphatic rings. The molecule has 0 amide bonds. The van der Waals surface area contributed by atoms with E-state index in [2.05, 4.69) is 45.5 Å². The maximum absolute atomic E-state index is 11.6. The number of fused-ring (bicyclic) bond motifs is 2. The van der Waals surface area contributed by atoms with Gasteiger partial charge in [0.05, 0.1) is 17.1 Å². The molecule has 4 unspecified atom stereocenters. The molecule has 9 heteroatoms. The number of rotatable bonds is 8. The molecule has 1 N–H and O–H groups in total. The number of benzene rings is 2. The van der Waals surface area contributed by atoms with Crippen LogP contribution in [0.15, 0.2) is 53.0 Å². The molecule has 0 spiro atoms. The number of aryl methyl sites for hydroxylation is 1. The number of nitrogens with one attached hydrogen (secondary N) is 1. The summed E-state index contributed by atoms with van der Waals surface area (Å²) in [6.07, 6.45) is 1.39. The summed E-state index contributed by atoms with van der Waals surface area (Å²) < 4.78 is 24.0. The molecule has 37 heavy (non-hydrogen) atoms. The van der Waals surface area contributed by atoms with E-state index in [9.17, 15) is 4.79 Å². The largest absolute Gasteiger partial charge is 0.497 e. The SMILES string of the molecule is COc1ccc(CNc2nc3cc(CCC4SC(OC(C)=O)C5OC(C)(C)OC45)ccc3cc2Br)cc1. The molecule has 7 nitrogen and oxygen atoms in total. The molecule has 2 saturated heterocycles. The second kappa shape index (κ2) is 10.8. The van der Waals surface area contributed by atoms with Crippen molar-refractivity contribution in [3.63, 3.8) is 0 Å². The van der Waals surface area contributed by atoms with Crippen molar-refractivity contribution in [2.24, 2.45) is 0 Å². The van der Waals surface area contributed by atoms with Gasteiger partial charge in [-0.25, -0.2) is 4.98 Å². The lowest BCUT2D eigenvalue weighted by molar-refractivity contribution is -0.162. The molecule has 2 aromatic carbocycles. The number of carbonyl (C=O) groups is 1. The van der Waals surface area contributed by atoms with Gasteiger partial charge in [0.2, 0.25) is 0 Å². The van der Waals surface area contributed by atoms with E-state index in [1.54, 1.807) is 18.9 Å². The molecule has 0 radical (unpaired) electrons. The number of anilines is 1. The van der Waals surface area contributed by atoms with Gasteiger partial charge in [-0.1, -0.05) is 24.3 Å². The summed E-state index contributed by atoms with van der Waals surface area (Å²) in [4.78, 5) is 16.5. The number of carbonyl (C=O) groups excluding carboxylic acids is 1. The van der Waals surface area contributed by atoms with E-state index in [4.69, 9.17) is 23.9 Å². The average Bonchev–Trinajstić information content (AvgIpc) is 3.34. The van der Waals surface area contributed by atoms with Gasteiger partial charge in [-0.3, -0.25) is 4.79 Å². The normalized spacial score (nSPS) is 24.1. The van der Waals surface area contributed by atoms with Crippen LogP contribution in [0.1, 0.15) is 38.3 Å². The Hall–Kier alpha value is -2.33. The van der Waals surface area contributed by atoms with Gasteiger partial charge in [-0.15, -0.1) is 11.8 Å². The minimum atomic E-state index is -0.678. The molecule has 1 aromatic heterocycles. The topological polar surface area (TPSA) is 78.9 Å². The van der Waals surface area contributed by atoms with Crippen molar-refractivity contribution in [1.82, 2.24) is 4.98 Å². The predicted molar refractivity (Wildman–Crippen MR) is 149 cm³/mol. The molecule has 0 bridgehead atoms. The molecule has 2 aliphatic heterocycles. The molecule has 2 fully saturated rings. The summed E-state index contributed by atoms with van der Waals surface area (Å²) >= 11 is 5.29. The van der Waals surface area contributed by atoms with Crippen LogP contribution in [0.5, 0.6) is 5.75 Å². The van der Waals surface area contributed by atoms with Gasteiger partial charge in [0.25, 0.3) is 0 Å². The highest BCUT2D eigenvalue weighted by Gasteiger charge is 2.55. The van der Waals surface area contributed by atoms with E-state index in [0.717, 1.165) is 45.3 Å². The third kappa shape index (κ3) is 6.06. The van der Waals surface area contributed by atoms with Gasteiger partial charge >= 0.3 is 5.97 Å². The van der Waals surface area contributed by atoms with Crippen LogP contribution < -0.4 is 10.1 Å². The summed E-state index contributed by atoms with van der Waals surface area (Å²) in [5.74, 6) is 0.666. The lowest BCUT2D eigenvalue weighted by Crippen LogP contribution is -2.31. The van der Waals surface area contributed by atoms with E-state index < -0.39 is 5.79 Å². The van der Waals surface area contributed by atoms with E-state index in [1.165, 1.54) is 12.5 Å². The van der Waals surface area contributed by atoms with Crippen LogP contribution in [-0.2, 0) is 32.0 Å². The maximum atomic E-state index is 11.6. The highest BCUT2D eigenvalue weighted by molar-refractivity contribution is 9.10. The lowest BCUT2D eigenvalue weighted by atomic mass is 10.0. The quantitative estimate of drug-likeness (QED) is 0.318. The Morgan fingerprint density at radius 2 is 1.84 bits per heavy atom.